The lowest BCUT2D eigenvalue weighted by atomic mass is 9.98. The van der Waals surface area contributed by atoms with Gasteiger partial charge in [0.1, 0.15) is 5.56 Å². The Kier molecular flexibility index (Phi) is 7.51. The van der Waals surface area contributed by atoms with E-state index in [1.165, 1.54) is 18.2 Å². The standard InChI is InChI=1S/C25H26F2N2O2S/c1-15(2)29-14-21(25(31)28-13-17-8-10-20(32-4)11-9-17)23(30)22(16(29)3)18-6-5-7-19(12-18)24(26)27/h5-12,14-15,24H,13H2,1-4H3,(H,28,31). The van der Waals surface area contributed by atoms with Gasteiger partial charge < -0.3 is 9.88 Å². The van der Waals surface area contributed by atoms with Gasteiger partial charge in [-0.3, -0.25) is 9.59 Å². The van der Waals surface area contributed by atoms with Crippen LogP contribution in [0.2, 0.25) is 0 Å². The molecule has 3 aromatic rings. The van der Waals surface area contributed by atoms with Crippen LogP contribution in [0.5, 0.6) is 0 Å². The van der Waals surface area contributed by atoms with Crippen LogP contribution in [0.3, 0.4) is 0 Å². The summed E-state index contributed by atoms with van der Waals surface area (Å²) in [5, 5.41) is 2.81. The number of rotatable bonds is 7. The maximum atomic E-state index is 13.3. The predicted octanol–water partition coefficient (Wildman–Crippen LogP) is 5.99. The third-order valence-electron chi connectivity index (χ3n) is 5.33. The Labute approximate surface area is 190 Å². The van der Waals surface area contributed by atoms with Crippen LogP contribution in [0.25, 0.3) is 11.1 Å². The van der Waals surface area contributed by atoms with Crippen LogP contribution in [0, 0.1) is 6.92 Å². The lowest BCUT2D eigenvalue weighted by Gasteiger charge is -2.20. The Balaban J connectivity index is 2.01. The van der Waals surface area contributed by atoms with Gasteiger partial charge in [0.25, 0.3) is 12.3 Å². The average Bonchev–Trinajstić information content (AvgIpc) is 2.78. The summed E-state index contributed by atoms with van der Waals surface area (Å²) in [6.45, 7) is 5.91. The van der Waals surface area contributed by atoms with Crippen molar-refractivity contribution in [2.75, 3.05) is 6.26 Å². The van der Waals surface area contributed by atoms with E-state index >= 15 is 0 Å². The van der Waals surface area contributed by atoms with Gasteiger partial charge in [-0.25, -0.2) is 8.78 Å². The number of halogens is 2. The number of nitrogens with one attached hydrogen (secondary N) is 1. The lowest BCUT2D eigenvalue weighted by molar-refractivity contribution is 0.0949. The van der Waals surface area contributed by atoms with Crippen molar-refractivity contribution in [1.29, 1.82) is 0 Å². The molecule has 0 saturated carbocycles. The maximum Gasteiger partial charge on any atom is 0.263 e. The normalized spacial score (nSPS) is 11.2. The third kappa shape index (κ3) is 5.10. The van der Waals surface area contributed by atoms with Crippen LogP contribution in [0.15, 0.2) is 64.4 Å². The van der Waals surface area contributed by atoms with Gasteiger partial charge in [0.2, 0.25) is 5.43 Å². The molecule has 1 amide bonds. The number of aromatic nitrogens is 1. The summed E-state index contributed by atoms with van der Waals surface area (Å²) < 4.78 is 28.3. The fraction of sp³-hybridized carbons (Fsp3) is 0.280. The minimum absolute atomic E-state index is 0.0116. The highest BCUT2D eigenvalue weighted by Gasteiger charge is 2.21. The zero-order valence-electron chi connectivity index (χ0n) is 18.5. The molecule has 0 aliphatic carbocycles. The molecule has 1 N–H and O–H groups in total. The van der Waals surface area contributed by atoms with E-state index in [9.17, 15) is 18.4 Å². The smallest absolute Gasteiger partial charge is 0.263 e. The fourth-order valence-electron chi connectivity index (χ4n) is 3.61. The summed E-state index contributed by atoms with van der Waals surface area (Å²) in [5.41, 5.74) is 1.53. The van der Waals surface area contributed by atoms with Crippen molar-refractivity contribution in [3.63, 3.8) is 0 Å². The molecular formula is C25H26F2N2O2S. The first-order valence-electron chi connectivity index (χ1n) is 10.3. The second kappa shape index (κ2) is 10.1. The topological polar surface area (TPSA) is 51.1 Å². The van der Waals surface area contributed by atoms with Crippen LogP contribution < -0.4 is 10.7 Å². The van der Waals surface area contributed by atoms with Crippen LogP contribution in [0.1, 0.15) is 53.5 Å². The van der Waals surface area contributed by atoms with Crippen LogP contribution in [-0.2, 0) is 6.54 Å². The summed E-state index contributed by atoms with van der Waals surface area (Å²) >= 11 is 1.63. The van der Waals surface area contributed by atoms with E-state index in [1.54, 1.807) is 30.9 Å². The van der Waals surface area contributed by atoms with E-state index in [-0.39, 0.29) is 29.3 Å². The van der Waals surface area contributed by atoms with Gasteiger partial charge in [0, 0.05) is 40.5 Å². The molecule has 4 nitrogen and oxygen atoms in total. The van der Waals surface area contributed by atoms with E-state index in [0.29, 0.717) is 11.3 Å². The Morgan fingerprint density at radius 1 is 1.12 bits per heavy atom. The van der Waals surface area contributed by atoms with Gasteiger partial charge in [-0.15, -0.1) is 11.8 Å². The molecule has 32 heavy (non-hydrogen) atoms. The molecule has 1 aromatic heterocycles. The van der Waals surface area contributed by atoms with Gasteiger partial charge >= 0.3 is 0 Å². The predicted molar refractivity (Wildman–Crippen MR) is 126 cm³/mol. The van der Waals surface area contributed by atoms with E-state index in [4.69, 9.17) is 0 Å². The molecule has 0 unspecified atom stereocenters. The lowest BCUT2D eigenvalue weighted by Crippen LogP contribution is -2.31. The van der Waals surface area contributed by atoms with Gasteiger partial charge in [-0.1, -0.05) is 30.3 Å². The molecule has 0 fully saturated rings. The highest BCUT2D eigenvalue weighted by molar-refractivity contribution is 7.98. The zero-order valence-corrected chi connectivity index (χ0v) is 19.3. The first kappa shape index (κ1) is 23.7. The summed E-state index contributed by atoms with van der Waals surface area (Å²) in [7, 11) is 0. The average molecular weight is 457 g/mol. The molecule has 0 aliphatic rings. The molecular weight excluding hydrogens is 430 g/mol. The van der Waals surface area contributed by atoms with E-state index < -0.39 is 17.8 Å². The Hall–Kier alpha value is -2.93. The number of pyridine rings is 1. The summed E-state index contributed by atoms with van der Waals surface area (Å²) in [5.74, 6) is -0.496. The van der Waals surface area contributed by atoms with Gasteiger partial charge in [-0.05, 0) is 56.4 Å². The Bertz CT molecular complexity index is 1170. The monoisotopic (exact) mass is 456 g/mol. The van der Waals surface area contributed by atoms with Crippen molar-refractivity contribution in [3.8, 4) is 11.1 Å². The molecule has 3 rings (SSSR count). The third-order valence-corrected chi connectivity index (χ3v) is 6.07. The van der Waals surface area contributed by atoms with Gasteiger partial charge in [-0.2, -0.15) is 0 Å². The van der Waals surface area contributed by atoms with Crippen molar-refractivity contribution >= 4 is 17.7 Å². The summed E-state index contributed by atoms with van der Waals surface area (Å²) in [6, 6.07) is 13.5. The number of amides is 1. The van der Waals surface area contributed by atoms with Crippen LogP contribution >= 0.6 is 11.8 Å². The number of carbonyl (C=O) groups is 1. The molecule has 0 atom stereocenters. The Morgan fingerprint density at radius 3 is 2.41 bits per heavy atom. The molecule has 168 valence electrons. The second-order valence-electron chi connectivity index (χ2n) is 7.79. The maximum absolute atomic E-state index is 13.3. The highest BCUT2D eigenvalue weighted by Crippen LogP contribution is 2.27. The number of thioether (sulfide) groups is 1. The minimum Gasteiger partial charge on any atom is -0.348 e. The van der Waals surface area contributed by atoms with Crippen LogP contribution in [0.4, 0.5) is 8.78 Å². The molecule has 0 radical (unpaired) electrons. The Morgan fingerprint density at radius 2 is 1.81 bits per heavy atom. The van der Waals surface area contributed by atoms with E-state index in [2.05, 4.69) is 5.32 Å². The van der Waals surface area contributed by atoms with Crippen molar-refractivity contribution < 1.29 is 13.6 Å². The van der Waals surface area contributed by atoms with Crippen molar-refractivity contribution in [3.05, 3.63) is 87.3 Å². The number of nitrogens with zero attached hydrogens (tertiary/aromatic N) is 1. The number of benzene rings is 2. The summed E-state index contributed by atoms with van der Waals surface area (Å²) in [6.07, 6.45) is 0.892. The SMILES string of the molecule is CSc1ccc(CNC(=O)c2cn(C(C)C)c(C)c(-c3cccc(C(F)F)c3)c2=O)cc1. The van der Waals surface area contributed by atoms with Crippen LogP contribution in [-0.4, -0.2) is 16.7 Å². The number of carbonyl (C=O) groups excluding carboxylic acids is 1. The first-order valence-corrected chi connectivity index (χ1v) is 11.5. The van der Waals surface area contributed by atoms with Gasteiger partial charge in [0.15, 0.2) is 0 Å². The molecule has 2 aromatic carbocycles. The molecule has 7 heteroatoms. The number of hydrogen-bond donors (Lipinski definition) is 1. The summed E-state index contributed by atoms with van der Waals surface area (Å²) in [4.78, 5) is 27.4. The molecule has 0 aliphatic heterocycles. The van der Waals surface area contributed by atoms with E-state index in [0.717, 1.165) is 10.5 Å². The largest absolute Gasteiger partial charge is 0.348 e. The second-order valence-corrected chi connectivity index (χ2v) is 8.67. The molecule has 1 heterocycles. The molecule has 0 saturated heterocycles. The fourth-order valence-corrected chi connectivity index (χ4v) is 4.02. The van der Waals surface area contributed by atoms with Crippen molar-refractivity contribution in [2.45, 2.75) is 44.7 Å². The quantitative estimate of drug-likeness (QED) is 0.444. The van der Waals surface area contributed by atoms with Crippen molar-refractivity contribution in [1.82, 2.24) is 9.88 Å². The molecule has 0 bridgehead atoms. The minimum atomic E-state index is -2.65. The first-order chi connectivity index (χ1) is 15.2. The van der Waals surface area contributed by atoms with Crippen molar-refractivity contribution in [2.24, 2.45) is 0 Å². The number of hydrogen-bond acceptors (Lipinski definition) is 3. The molecule has 0 spiro atoms. The van der Waals surface area contributed by atoms with Gasteiger partial charge in [0.05, 0.1) is 0 Å². The number of alkyl halides is 2. The highest BCUT2D eigenvalue weighted by atomic mass is 32.2. The van der Waals surface area contributed by atoms with E-state index in [1.807, 2.05) is 48.9 Å². The zero-order chi connectivity index (χ0) is 23.4.